The number of aryl methyl sites for hydroxylation is 1. The Morgan fingerprint density at radius 3 is 2.94 bits per heavy atom. The van der Waals surface area contributed by atoms with Crippen molar-refractivity contribution in [2.45, 2.75) is 13.0 Å². The summed E-state index contributed by atoms with van der Waals surface area (Å²) < 4.78 is 7.28. The minimum absolute atomic E-state index is 0.229. The van der Waals surface area contributed by atoms with E-state index in [9.17, 15) is 5.26 Å². The SMILES string of the molecule is Cc1cc(-c2c(-c3cccc(C#N)c3)nn3ccc(NC[C@@H]4COCCN4)nc23)cc(Cl)n1. The Morgan fingerprint density at radius 2 is 2.15 bits per heavy atom. The second-order valence-corrected chi connectivity index (χ2v) is 8.31. The van der Waals surface area contributed by atoms with Gasteiger partial charge in [0, 0.05) is 36.6 Å². The molecule has 0 unspecified atom stereocenters. The predicted molar refractivity (Wildman–Crippen MR) is 127 cm³/mol. The van der Waals surface area contributed by atoms with Gasteiger partial charge < -0.3 is 15.4 Å². The number of morpholine rings is 1. The van der Waals surface area contributed by atoms with Crippen LogP contribution >= 0.6 is 11.6 Å². The predicted octanol–water partition coefficient (Wildman–Crippen LogP) is 3.69. The van der Waals surface area contributed by atoms with Gasteiger partial charge in [0.2, 0.25) is 0 Å². The largest absolute Gasteiger partial charge is 0.378 e. The summed E-state index contributed by atoms with van der Waals surface area (Å²) in [6, 6.07) is 15.5. The van der Waals surface area contributed by atoms with Crippen LogP contribution in [-0.4, -0.2) is 51.9 Å². The van der Waals surface area contributed by atoms with Crippen molar-refractivity contribution >= 4 is 23.1 Å². The molecular formula is C24H22ClN7O. The average molecular weight is 460 g/mol. The number of hydrogen-bond donors (Lipinski definition) is 2. The quantitative estimate of drug-likeness (QED) is 0.439. The van der Waals surface area contributed by atoms with Gasteiger partial charge >= 0.3 is 0 Å². The number of ether oxygens (including phenoxy) is 1. The number of rotatable bonds is 5. The van der Waals surface area contributed by atoms with Crippen LogP contribution in [0, 0.1) is 18.3 Å². The summed E-state index contributed by atoms with van der Waals surface area (Å²) in [5.74, 6) is 0.741. The highest BCUT2D eigenvalue weighted by Gasteiger charge is 2.20. The van der Waals surface area contributed by atoms with Gasteiger partial charge in [-0.15, -0.1) is 0 Å². The molecule has 0 bridgehead atoms. The smallest absolute Gasteiger partial charge is 0.165 e. The van der Waals surface area contributed by atoms with Gasteiger partial charge in [-0.1, -0.05) is 23.7 Å². The van der Waals surface area contributed by atoms with Crippen LogP contribution in [-0.2, 0) is 4.74 Å². The highest BCUT2D eigenvalue weighted by molar-refractivity contribution is 6.29. The van der Waals surface area contributed by atoms with Crippen molar-refractivity contribution in [3.05, 3.63) is 65.1 Å². The first-order valence-corrected chi connectivity index (χ1v) is 11.1. The minimum Gasteiger partial charge on any atom is -0.378 e. The van der Waals surface area contributed by atoms with E-state index < -0.39 is 0 Å². The Hall–Kier alpha value is -3.51. The zero-order valence-electron chi connectivity index (χ0n) is 18.0. The second kappa shape index (κ2) is 9.16. The minimum atomic E-state index is 0.229. The van der Waals surface area contributed by atoms with Crippen LogP contribution in [0.2, 0.25) is 5.15 Å². The van der Waals surface area contributed by atoms with Gasteiger partial charge in [-0.05, 0) is 42.8 Å². The van der Waals surface area contributed by atoms with Crippen LogP contribution in [0.3, 0.4) is 0 Å². The van der Waals surface area contributed by atoms with Crippen LogP contribution in [0.25, 0.3) is 28.0 Å². The molecule has 33 heavy (non-hydrogen) atoms. The monoisotopic (exact) mass is 459 g/mol. The van der Waals surface area contributed by atoms with E-state index in [1.807, 2.05) is 49.5 Å². The van der Waals surface area contributed by atoms with E-state index in [4.69, 9.17) is 26.4 Å². The summed E-state index contributed by atoms with van der Waals surface area (Å²) in [6.45, 7) is 4.85. The molecule has 1 saturated heterocycles. The molecule has 1 aromatic carbocycles. The molecule has 0 amide bonds. The number of hydrogen-bond acceptors (Lipinski definition) is 7. The van der Waals surface area contributed by atoms with Crippen LogP contribution < -0.4 is 10.6 Å². The van der Waals surface area contributed by atoms with E-state index in [0.717, 1.165) is 47.0 Å². The van der Waals surface area contributed by atoms with E-state index in [1.54, 1.807) is 10.6 Å². The number of nitrogens with one attached hydrogen (secondary N) is 2. The van der Waals surface area contributed by atoms with Gasteiger partial charge in [0.25, 0.3) is 0 Å². The molecule has 0 radical (unpaired) electrons. The molecule has 3 aromatic heterocycles. The fraction of sp³-hybridized carbons (Fsp3) is 0.250. The standard InChI is InChI=1S/C24H22ClN7O/c1-15-9-18(11-20(25)29-15)22-23(17-4-2-3-16(10-17)12-26)31-32-7-5-21(30-24(22)32)28-13-19-14-33-8-6-27-19/h2-5,7,9-11,19,27H,6,8,13-14H2,1H3,(H,28,30)/t19-/m1/s1. The number of nitrogens with zero attached hydrogens (tertiary/aromatic N) is 5. The van der Waals surface area contributed by atoms with Crippen LogP contribution in [0.15, 0.2) is 48.7 Å². The molecule has 1 fully saturated rings. The fourth-order valence-electron chi connectivity index (χ4n) is 3.98. The summed E-state index contributed by atoms with van der Waals surface area (Å²) in [5, 5.41) is 21.4. The Morgan fingerprint density at radius 1 is 1.24 bits per heavy atom. The number of anilines is 1. The molecule has 0 spiro atoms. The zero-order chi connectivity index (χ0) is 22.8. The molecule has 166 valence electrons. The lowest BCUT2D eigenvalue weighted by Gasteiger charge is -2.24. The third-order valence-electron chi connectivity index (χ3n) is 5.49. The molecular weight excluding hydrogens is 438 g/mol. The van der Waals surface area contributed by atoms with E-state index in [0.29, 0.717) is 29.5 Å². The highest BCUT2D eigenvalue weighted by Crippen LogP contribution is 2.36. The maximum Gasteiger partial charge on any atom is 0.165 e. The number of aromatic nitrogens is 4. The molecule has 4 heterocycles. The molecule has 9 heteroatoms. The van der Waals surface area contributed by atoms with Crippen molar-refractivity contribution in [1.82, 2.24) is 24.9 Å². The Balaban J connectivity index is 1.62. The number of pyridine rings is 1. The van der Waals surface area contributed by atoms with Gasteiger partial charge in [0.1, 0.15) is 16.7 Å². The second-order valence-electron chi connectivity index (χ2n) is 7.92. The molecule has 0 saturated carbocycles. The molecule has 2 N–H and O–H groups in total. The van der Waals surface area contributed by atoms with E-state index in [-0.39, 0.29) is 6.04 Å². The van der Waals surface area contributed by atoms with E-state index in [1.165, 1.54) is 0 Å². The topological polar surface area (TPSA) is 100 Å². The van der Waals surface area contributed by atoms with Gasteiger partial charge in [0.15, 0.2) is 5.65 Å². The maximum absolute atomic E-state index is 9.37. The molecule has 1 atom stereocenters. The van der Waals surface area contributed by atoms with Crippen molar-refractivity contribution < 1.29 is 4.74 Å². The highest BCUT2D eigenvalue weighted by atomic mass is 35.5. The van der Waals surface area contributed by atoms with Crippen LogP contribution in [0.5, 0.6) is 0 Å². The Bertz CT molecular complexity index is 1330. The number of benzene rings is 1. The Kier molecular flexibility index (Phi) is 5.92. The average Bonchev–Trinajstić information content (AvgIpc) is 3.22. The lowest BCUT2D eigenvalue weighted by atomic mass is 10.00. The van der Waals surface area contributed by atoms with Crippen molar-refractivity contribution in [2.75, 3.05) is 31.6 Å². The van der Waals surface area contributed by atoms with Gasteiger partial charge in [-0.25, -0.2) is 14.5 Å². The summed E-state index contributed by atoms with van der Waals surface area (Å²) >= 11 is 6.30. The molecule has 4 aromatic rings. The first-order valence-electron chi connectivity index (χ1n) is 10.7. The normalized spacial score (nSPS) is 16.0. The third kappa shape index (κ3) is 4.52. The Labute approximate surface area is 196 Å². The van der Waals surface area contributed by atoms with Gasteiger partial charge in [-0.2, -0.15) is 10.4 Å². The molecule has 0 aliphatic carbocycles. The summed E-state index contributed by atoms with van der Waals surface area (Å²) in [5.41, 5.74) is 5.31. The summed E-state index contributed by atoms with van der Waals surface area (Å²) in [6.07, 6.45) is 1.88. The van der Waals surface area contributed by atoms with Crippen molar-refractivity contribution in [3.63, 3.8) is 0 Å². The molecule has 1 aliphatic rings. The van der Waals surface area contributed by atoms with Gasteiger partial charge in [-0.3, -0.25) is 0 Å². The van der Waals surface area contributed by atoms with Crippen molar-refractivity contribution in [1.29, 1.82) is 5.26 Å². The van der Waals surface area contributed by atoms with E-state index in [2.05, 4.69) is 21.7 Å². The van der Waals surface area contributed by atoms with Gasteiger partial charge in [0.05, 0.1) is 30.4 Å². The lowest BCUT2D eigenvalue weighted by molar-refractivity contribution is 0.0806. The maximum atomic E-state index is 9.37. The van der Waals surface area contributed by atoms with Crippen LogP contribution in [0.1, 0.15) is 11.3 Å². The summed E-state index contributed by atoms with van der Waals surface area (Å²) in [4.78, 5) is 9.17. The summed E-state index contributed by atoms with van der Waals surface area (Å²) in [7, 11) is 0. The van der Waals surface area contributed by atoms with Crippen LogP contribution in [0.4, 0.5) is 5.82 Å². The van der Waals surface area contributed by atoms with Crippen molar-refractivity contribution in [3.8, 4) is 28.5 Å². The first kappa shape index (κ1) is 21.3. The molecule has 1 aliphatic heterocycles. The number of nitriles is 1. The number of halogens is 1. The first-order chi connectivity index (χ1) is 16.1. The zero-order valence-corrected chi connectivity index (χ0v) is 18.8. The van der Waals surface area contributed by atoms with E-state index >= 15 is 0 Å². The molecule has 5 rings (SSSR count). The lowest BCUT2D eigenvalue weighted by Crippen LogP contribution is -2.45. The third-order valence-corrected chi connectivity index (χ3v) is 5.68. The molecule has 8 nitrogen and oxygen atoms in total. The number of fused-ring (bicyclic) bond motifs is 1. The fourth-order valence-corrected chi connectivity index (χ4v) is 4.23. The van der Waals surface area contributed by atoms with Crippen molar-refractivity contribution in [2.24, 2.45) is 0 Å².